The van der Waals surface area contributed by atoms with Gasteiger partial charge < -0.3 is 9.94 Å². The number of aromatic nitrogens is 5. The Bertz CT molecular complexity index is 1340. The third kappa shape index (κ3) is 3.77. The van der Waals surface area contributed by atoms with Crippen LogP contribution < -0.4 is 0 Å². The molecule has 1 unspecified atom stereocenters. The van der Waals surface area contributed by atoms with Crippen molar-refractivity contribution in [2.45, 2.75) is 19.8 Å². The summed E-state index contributed by atoms with van der Waals surface area (Å²) in [7, 11) is 0. The number of aliphatic carboxylic acids is 1. The summed E-state index contributed by atoms with van der Waals surface area (Å²) in [6.07, 6.45) is 1.46. The molecule has 0 saturated heterocycles. The normalized spacial score (nSPS) is 13.0. The van der Waals surface area contributed by atoms with E-state index in [1.54, 1.807) is 32.0 Å². The lowest BCUT2D eigenvalue weighted by atomic mass is 9.97. The highest BCUT2D eigenvalue weighted by Gasteiger charge is 2.25. The Kier molecular flexibility index (Phi) is 5.24. The van der Waals surface area contributed by atoms with E-state index in [0.717, 1.165) is 0 Å². The molecule has 0 saturated carbocycles. The van der Waals surface area contributed by atoms with E-state index in [4.69, 9.17) is 9.94 Å². The van der Waals surface area contributed by atoms with Crippen molar-refractivity contribution < 1.29 is 23.5 Å². The van der Waals surface area contributed by atoms with Gasteiger partial charge in [0.1, 0.15) is 23.0 Å². The van der Waals surface area contributed by atoms with E-state index < -0.39 is 30.1 Å². The van der Waals surface area contributed by atoms with E-state index in [9.17, 15) is 9.18 Å². The molecule has 4 rings (SSSR count). The van der Waals surface area contributed by atoms with Gasteiger partial charge in [0.2, 0.25) is 6.61 Å². The summed E-state index contributed by atoms with van der Waals surface area (Å²) >= 11 is 0. The molecule has 0 aliphatic carbocycles. The van der Waals surface area contributed by atoms with Crippen LogP contribution in [0.5, 0.6) is 0 Å². The lowest BCUT2D eigenvalue weighted by molar-refractivity contribution is -0.142. The summed E-state index contributed by atoms with van der Waals surface area (Å²) in [5.74, 6) is -3.23. The molecule has 9 nitrogen and oxygen atoms in total. The number of carboxylic acids is 1. The van der Waals surface area contributed by atoms with Gasteiger partial charge in [0.05, 0.1) is 5.52 Å². The van der Waals surface area contributed by atoms with Crippen molar-refractivity contribution in [3.63, 3.8) is 0 Å². The number of carboxylic acid groups (broad SMARTS) is 1. The van der Waals surface area contributed by atoms with Crippen molar-refractivity contribution in [2.75, 3.05) is 6.61 Å². The standard InChI is InChI=1S/C20H16F2N6O3/c1-10(18-13(21)8-15-12(19(18)22)4-3-7-23-15)20-25-24-16-6-5-14(26-28(16)20)11(2)27-31-9-17(29)30/h3-8,10H,9H2,1-2H3,(H,29,30)/b27-11-. The maximum Gasteiger partial charge on any atom is 0.344 e. The lowest BCUT2D eigenvalue weighted by Gasteiger charge is -2.14. The Morgan fingerprint density at radius 3 is 2.87 bits per heavy atom. The van der Waals surface area contributed by atoms with E-state index in [1.807, 2.05) is 0 Å². The van der Waals surface area contributed by atoms with Crippen LogP contribution in [0.3, 0.4) is 0 Å². The number of hydrogen-bond donors (Lipinski definition) is 1. The molecule has 0 aliphatic heterocycles. The zero-order valence-electron chi connectivity index (χ0n) is 16.5. The van der Waals surface area contributed by atoms with Crippen LogP contribution >= 0.6 is 0 Å². The number of pyridine rings is 1. The zero-order chi connectivity index (χ0) is 22.1. The summed E-state index contributed by atoms with van der Waals surface area (Å²) in [5, 5.41) is 25.0. The van der Waals surface area contributed by atoms with Crippen LogP contribution in [-0.2, 0) is 9.63 Å². The smallest absolute Gasteiger partial charge is 0.344 e. The SMILES string of the molecule is C/C(=N/OCC(=O)O)c1ccc2nnc(C(C)c3c(F)cc4ncccc4c3F)n2n1. The van der Waals surface area contributed by atoms with Crippen molar-refractivity contribution in [2.24, 2.45) is 5.16 Å². The molecular weight excluding hydrogens is 410 g/mol. The first-order chi connectivity index (χ1) is 14.9. The molecule has 4 aromatic rings. The fraction of sp³-hybridized carbons (Fsp3) is 0.200. The fourth-order valence-electron chi connectivity index (χ4n) is 3.19. The molecule has 158 valence electrons. The number of oxime groups is 1. The molecule has 0 bridgehead atoms. The van der Waals surface area contributed by atoms with Gasteiger partial charge in [0.15, 0.2) is 11.5 Å². The Morgan fingerprint density at radius 2 is 2.10 bits per heavy atom. The van der Waals surface area contributed by atoms with Gasteiger partial charge in [0, 0.05) is 29.1 Å². The Labute approximate surface area is 174 Å². The molecule has 1 N–H and O–H groups in total. The van der Waals surface area contributed by atoms with E-state index in [-0.39, 0.29) is 22.3 Å². The minimum atomic E-state index is -1.16. The Morgan fingerprint density at radius 1 is 1.29 bits per heavy atom. The van der Waals surface area contributed by atoms with Gasteiger partial charge in [-0.2, -0.15) is 9.61 Å². The van der Waals surface area contributed by atoms with Gasteiger partial charge in [-0.3, -0.25) is 4.98 Å². The Hall–Kier alpha value is -4.02. The monoisotopic (exact) mass is 426 g/mol. The van der Waals surface area contributed by atoms with E-state index >= 15 is 4.39 Å². The van der Waals surface area contributed by atoms with Crippen molar-refractivity contribution in [3.05, 3.63) is 65.2 Å². The number of fused-ring (bicyclic) bond motifs is 2. The first-order valence-corrected chi connectivity index (χ1v) is 9.20. The summed E-state index contributed by atoms with van der Waals surface area (Å²) in [4.78, 5) is 19.3. The lowest BCUT2D eigenvalue weighted by Crippen LogP contribution is -2.12. The number of rotatable bonds is 6. The number of hydrogen-bond acceptors (Lipinski definition) is 7. The molecule has 31 heavy (non-hydrogen) atoms. The van der Waals surface area contributed by atoms with Gasteiger partial charge in [-0.05, 0) is 31.2 Å². The maximum absolute atomic E-state index is 15.1. The van der Waals surface area contributed by atoms with Gasteiger partial charge in [0.25, 0.3) is 0 Å². The highest BCUT2D eigenvalue weighted by Crippen LogP contribution is 2.31. The molecule has 1 aromatic carbocycles. The molecule has 1 atom stereocenters. The van der Waals surface area contributed by atoms with Crippen LogP contribution in [0.4, 0.5) is 8.78 Å². The van der Waals surface area contributed by atoms with E-state index in [2.05, 4.69) is 25.4 Å². The van der Waals surface area contributed by atoms with Crippen molar-refractivity contribution >= 4 is 28.2 Å². The molecule has 0 fully saturated rings. The van der Waals surface area contributed by atoms with Gasteiger partial charge in [-0.25, -0.2) is 13.6 Å². The highest BCUT2D eigenvalue weighted by molar-refractivity contribution is 5.96. The predicted octanol–water partition coefficient (Wildman–Crippen LogP) is 2.93. The zero-order valence-corrected chi connectivity index (χ0v) is 16.5. The second-order valence-corrected chi connectivity index (χ2v) is 6.77. The number of halogens is 2. The van der Waals surface area contributed by atoms with Crippen molar-refractivity contribution in [1.29, 1.82) is 0 Å². The third-order valence-electron chi connectivity index (χ3n) is 4.70. The second kappa shape index (κ2) is 8.01. The minimum absolute atomic E-state index is 0.169. The number of carbonyl (C=O) groups is 1. The molecule has 3 heterocycles. The van der Waals surface area contributed by atoms with E-state index in [1.165, 1.54) is 22.8 Å². The van der Waals surface area contributed by atoms with E-state index in [0.29, 0.717) is 17.1 Å². The topological polar surface area (TPSA) is 115 Å². The average Bonchev–Trinajstić information content (AvgIpc) is 3.16. The number of nitrogens with zero attached hydrogens (tertiary/aromatic N) is 6. The van der Waals surface area contributed by atoms with Crippen LogP contribution in [-0.4, -0.2) is 48.2 Å². The van der Waals surface area contributed by atoms with Crippen LogP contribution in [0, 0.1) is 11.6 Å². The highest BCUT2D eigenvalue weighted by atomic mass is 19.1. The molecule has 0 amide bonds. The van der Waals surface area contributed by atoms with Crippen molar-refractivity contribution in [3.8, 4) is 0 Å². The van der Waals surface area contributed by atoms with Gasteiger partial charge >= 0.3 is 5.97 Å². The summed E-state index contributed by atoms with van der Waals surface area (Å²) < 4.78 is 31.3. The van der Waals surface area contributed by atoms with Crippen molar-refractivity contribution in [1.82, 2.24) is 24.8 Å². The summed E-state index contributed by atoms with van der Waals surface area (Å²) in [6, 6.07) is 7.50. The summed E-state index contributed by atoms with van der Waals surface area (Å²) in [6.45, 7) is 2.59. The second-order valence-electron chi connectivity index (χ2n) is 6.77. The van der Waals surface area contributed by atoms with Gasteiger partial charge in [-0.1, -0.05) is 12.1 Å². The predicted molar refractivity (Wildman–Crippen MR) is 106 cm³/mol. The first kappa shape index (κ1) is 20.3. The van der Waals surface area contributed by atoms with Crippen LogP contribution in [0.15, 0.2) is 41.7 Å². The fourth-order valence-corrected chi connectivity index (χ4v) is 3.19. The summed E-state index contributed by atoms with van der Waals surface area (Å²) in [5.41, 5.74) is 1.08. The molecular formula is C20H16F2N6O3. The first-order valence-electron chi connectivity index (χ1n) is 9.20. The van der Waals surface area contributed by atoms with Crippen LogP contribution in [0.25, 0.3) is 16.6 Å². The molecule has 3 aromatic heterocycles. The Balaban J connectivity index is 1.76. The average molecular weight is 426 g/mol. The molecule has 0 aliphatic rings. The van der Waals surface area contributed by atoms with Crippen LogP contribution in [0.2, 0.25) is 0 Å². The number of benzene rings is 1. The van der Waals surface area contributed by atoms with Crippen LogP contribution in [0.1, 0.15) is 36.8 Å². The molecule has 11 heteroatoms. The minimum Gasteiger partial charge on any atom is -0.479 e. The maximum atomic E-state index is 15.1. The molecule has 0 spiro atoms. The third-order valence-corrected chi connectivity index (χ3v) is 4.70. The molecule has 0 radical (unpaired) electrons. The van der Waals surface area contributed by atoms with Gasteiger partial charge in [-0.15, -0.1) is 10.2 Å². The largest absolute Gasteiger partial charge is 0.479 e. The quantitative estimate of drug-likeness (QED) is 0.372.